The first kappa shape index (κ1) is 27.4. The molecule has 0 heterocycles. The van der Waals surface area contributed by atoms with Gasteiger partial charge in [0.1, 0.15) is 5.75 Å². The summed E-state index contributed by atoms with van der Waals surface area (Å²) in [6.07, 6.45) is 13.4. The van der Waals surface area contributed by atoms with Crippen LogP contribution < -0.4 is 4.18 Å². The van der Waals surface area contributed by atoms with Crippen LogP contribution in [0.3, 0.4) is 0 Å². The summed E-state index contributed by atoms with van der Waals surface area (Å²) in [5, 5.41) is 0. The van der Waals surface area contributed by atoms with Crippen molar-refractivity contribution in [2.24, 2.45) is 0 Å². The lowest BCUT2D eigenvalue weighted by molar-refractivity contribution is -0.132. The molecule has 0 N–H and O–H groups in total. The fourth-order valence-electron chi connectivity index (χ4n) is 3.48. The van der Waals surface area contributed by atoms with Crippen molar-refractivity contribution in [3.8, 4) is 5.75 Å². The number of nitrogens with zero attached hydrogens (tertiary/aromatic N) is 1. The summed E-state index contributed by atoms with van der Waals surface area (Å²) in [7, 11) is -1.88. The summed E-state index contributed by atoms with van der Waals surface area (Å²) in [6.45, 7) is 3.99. The van der Waals surface area contributed by atoms with Gasteiger partial charge in [0.2, 0.25) is 5.91 Å². The standard InChI is InChI=1S/C24H41NO5S/c1-4-5-6-7-8-9-10-11-12-14-24(26)25(19-13-20-29-2)21-22-15-17-23(18-16-22)30-31(3,27)28/h15-18H,4-14,19-21H2,1-3H3. The van der Waals surface area contributed by atoms with Crippen LogP contribution in [0.5, 0.6) is 5.75 Å². The van der Waals surface area contributed by atoms with Crippen molar-refractivity contribution in [2.45, 2.75) is 84.1 Å². The monoisotopic (exact) mass is 455 g/mol. The molecule has 6 nitrogen and oxygen atoms in total. The van der Waals surface area contributed by atoms with Crippen LogP contribution in [0.2, 0.25) is 0 Å². The molecule has 0 unspecified atom stereocenters. The van der Waals surface area contributed by atoms with Crippen molar-refractivity contribution in [1.82, 2.24) is 4.90 Å². The summed E-state index contributed by atoms with van der Waals surface area (Å²) in [4.78, 5) is 14.7. The lowest BCUT2D eigenvalue weighted by Crippen LogP contribution is -2.31. The molecule has 31 heavy (non-hydrogen) atoms. The van der Waals surface area contributed by atoms with E-state index in [1.807, 2.05) is 4.90 Å². The Kier molecular flexibility index (Phi) is 14.2. The fraction of sp³-hybridized carbons (Fsp3) is 0.708. The molecule has 1 aromatic rings. The van der Waals surface area contributed by atoms with Gasteiger partial charge in [0.25, 0.3) is 0 Å². The van der Waals surface area contributed by atoms with Crippen LogP contribution in [-0.2, 0) is 26.2 Å². The second-order valence-electron chi connectivity index (χ2n) is 8.17. The third kappa shape index (κ3) is 14.2. The highest BCUT2D eigenvalue weighted by Crippen LogP contribution is 2.17. The topological polar surface area (TPSA) is 72.9 Å². The van der Waals surface area contributed by atoms with Gasteiger partial charge in [-0.3, -0.25) is 4.79 Å². The number of carbonyl (C=O) groups excluding carboxylic acids is 1. The number of rotatable bonds is 18. The van der Waals surface area contributed by atoms with E-state index in [1.54, 1.807) is 31.4 Å². The fourth-order valence-corrected chi connectivity index (χ4v) is 3.94. The number of carbonyl (C=O) groups is 1. The van der Waals surface area contributed by atoms with Crippen LogP contribution in [0, 0.1) is 0 Å². The van der Waals surface area contributed by atoms with Gasteiger partial charge in [-0.05, 0) is 30.5 Å². The predicted molar refractivity (Wildman–Crippen MR) is 126 cm³/mol. The highest BCUT2D eigenvalue weighted by Gasteiger charge is 2.14. The lowest BCUT2D eigenvalue weighted by atomic mass is 10.1. The first-order valence-electron chi connectivity index (χ1n) is 11.6. The Morgan fingerprint density at radius 2 is 1.48 bits per heavy atom. The number of unbranched alkanes of at least 4 members (excludes halogenated alkanes) is 8. The molecule has 0 radical (unpaired) electrons. The predicted octanol–water partition coefficient (Wildman–Crippen LogP) is 5.31. The minimum absolute atomic E-state index is 0.163. The highest BCUT2D eigenvalue weighted by atomic mass is 32.2. The highest BCUT2D eigenvalue weighted by molar-refractivity contribution is 7.86. The Bertz CT molecular complexity index is 703. The van der Waals surface area contributed by atoms with Gasteiger partial charge in [-0.15, -0.1) is 0 Å². The van der Waals surface area contributed by atoms with Crippen molar-refractivity contribution < 1.29 is 22.1 Å². The molecule has 0 saturated carbocycles. The number of hydrogen-bond acceptors (Lipinski definition) is 5. The van der Waals surface area contributed by atoms with Crippen molar-refractivity contribution in [2.75, 3.05) is 26.5 Å². The molecule has 0 saturated heterocycles. The minimum Gasteiger partial charge on any atom is -0.385 e. The Balaban J connectivity index is 2.45. The van der Waals surface area contributed by atoms with Gasteiger partial charge in [0, 0.05) is 33.2 Å². The molecule has 1 rings (SSSR count). The number of hydrogen-bond donors (Lipinski definition) is 0. The molecule has 0 bridgehead atoms. The molecule has 1 aromatic carbocycles. The Hall–Kier alpha value is -1.60. The molecular formula is C24H41NO5S. The van der Waals surface area contributed by atoms with Crippen LogP contribution in [0.15, 0.2) is 24.3 Å². The van der Waals surface area contributed by atoms with Crippen LogP contribution in [0.1, 0.15) is 83.1 Å². The average molecular weight is 456 g/mol. The number of benzene rings is 1. The second kappa shape index (κ2) is 16.1. The third-order valence-electron chi connectivity index (χ3n) is 5.17. The van der Waals surface area contributed by atoms with Gasteiger partial charge < -0.3 is 13.8 Å². The van der Waals surface area contributed by atoms with E-state index in [0.29, 0.717) is 26.1 Å². The number of amides is 1. The largest absolute Gasteiger partial charge is 0.385 e. The van der Waals surface area contributed by atoms with E-state index in [4.69, 9.17) is 8.92 Å². The van der Waals surface area contributed by atoms with Crippen LogP contribution >= 0.6 is 0 Å². The molecule has 1 amide bonds. The zero-order valence-electron chi connectivity index (χ0n) is 19.6. The third-order valence-corrected chi connectivity index (χ3v) is 5.66. The molecule has 0 aliphatic heterocycles. The van der Waals surface area contributed by atoms with Crippen LogP contribution in [0.4, 0.5) is 0 Å². The van der Waals surface area contributed by atoms with Gasteiger partial charge in [-0.2, -0.15) is 8.42 Å². The molecule has 0 spiro atoms. The molecule has 7 heteroatoms. The van der Waals surface area contributed by atoms with Gasteiger partial charge in [-0.25, -0.2) is 0 Å². The summed E-state index contributed by atoms with van der Waals surface area (Å²) in [5.41, 5.74) is 0.943. The van der Waals surface area contributed by atoms with E-state index < -0.39 is 10.1 Å². The van der Waals surface area contributed by atoms with Crippen molar-refractivity contribution >= 4 is 16.0 Å². The summed E-state index contributed by atoms with van der Waals surface area (Å²) in [5.74, 6) is 0.439. The lowest BCUT2D eigenvalue weighted by Gasteiger charge is -2.23. The van der Waals surface area contributed by atoms with Gasteiger partial charge in [0.15, 0.2) is 0 Å². The van der Waals surface area contributed by atoms with Crippen LogP contribution in [0.25, 0.3) is 0 Å². The zero-order chi connectivity index (χ0) is 23.0. The zero-order valence-corrected chi connectivity index (χ0v) is 20.4. The molecule has 0 aromatic heterocycles. The number of methoxy groups -OCH3 is 1. The Morgan fingerprint density at radius 3 is 2.03 bits per heavy atom. The minimum atomic E-state index is -3.54. The molecule has 0 aliphatic rings. The summed E-state index contributed by atoms with van der Waals surface area (Å²) < 4.78 is 32.5. The van der Waals surface area contributed by atoms with Crippen molar-refractivity contribution in [1.29, 1.82) is 0 Å². The van der Waals surface area contributed by atoms with Crippen molar-refractivity contribution in [3.05, 3.63) is 29.8 Å². The van der Waals surface area contributed by atoms with E-state index in [0.717, 1.165) is 31.1 Å². The Labute approximate surface area is 189 Å². The van der Waals surface area contributed by atoms with E-state index in [-0.39, 0.29) is 11.7 Å². The van der Waals surface area contributed by atoms with E-state index in [1.165, 1.54) is 44.9 Å². The molecule has 178 valence electrons. The van der Waals surface area contributed by atoms with Gasteiger partial charge in [-0.1, -0.05) is 70.4 Å². The quantitative estimate of drug-likeness (QED) is 0.221. The first-order chi connectivity index (χ1) is 14.9. The molecular weight excluding hydrogens is 414 g/mol. The van der Waals surface area contributed by atoms with Gasteiger partial charge in [0.05, 0.1) is 6.26 Å². The van der Waals surface area contributed by atoms with E-state index >= 15 is 0 Å². The average Bonchev–Trinajstić information content (AvgIpc) is 2.72. The Morgan fingerprint density at radius 1 is 0.903 bits per heavy atom. The van der Waals surface area contributed by atoms with Crippen molar-refractivity contribution in [3.63, 3.8) is 0 Å². The number of ether oxygens (including phenoxy) is 1. The second-order valence-corrected chi connectivity index (χ2v) is 9.75. The SMILES string of the molecule is CCCCCCCCCCCC(=O)N(CCCOC)Cc1ccc(OS(C)(=O)=O)cc1. The van der Waals surface area contributed by atoms with Gasteiger partial charge >= 0.3 is 10.1 Å². The van der Waals surface area contributed by atoms with E-state index in [9.17, 15) is 13.2 Å². The summed E-state index contributed by atoms with van der Waals surface area (Å²) in [6, 6.07) is 6.84. The first-order valence-corrected chi connectivity index (χ1v) is 13.4. The molecule has 0 fully saturated rings. The summed E-state index contributed by atoms with van der Waals surface area (Å²) >= 11 is 0. The normalized spacial score (nSPS) is 11.5. The molecule has 0 atom stereocenters. The maximum absolute atomic E-state index is 12.8. The van der Waals surface area contributed by atoms with Crippen LogP contribution in [-0.4, -0.2) is 45.7 Å². The smallest absolute Gasteiger partial charge is 0.306 e. The van der Waals surface area contributed by atoms with E-state index in [2.05, 4.69) is 6.92 Å². The molecule has 0 aliphatic carbocycles. The maximum Gasteiger partial charge on any atom is 0.306 e. The maximum atomic E-state index is 12.8.